The lowest BCUT2D eigenvalue weighted by atomic mass is 10.1. The van der Waals surface area contributed by atoms with E-state index < -0.39 is 0 Å². The zero-order valence-corrected chi connectivity index (χ0v) is 13.3. The predicted octanol–water partition coefficient (Wildman–Crippen LogP) is 2.69. The average molecular weight is 318 g/mol. The molecule has 2 amide bonds. The van der Waals surface area contributed by atoms with Gasteiger partial charge in [-0.3, -0.25) is 9.59 Å². The second-order valence-electron chi connectivity index (χ2n) is 4.70. The van der Waals surface area contributed by atoms with Crippen molar-refractivity contribution in [3.8, 4) is 5.75 Å². The molecule has 116 valence electrons. The van der Waals surface area contributed by atoms with Gasteiger partial charge in [-0.2, -0.15) is 0 Å². The summed E-state index contributed by atoms with van der Waals surface area (Å²) in [5.41, 5.74) is 1.65. The van der Waals surface area contributed by atoms with Crippen molar-refractivity contribution in [3.05, 3.63) is 46.2 Å². The van der Waals surface area contributed by atoms with Crippen LogP contribution in [-0.4, -0.2) is 25.5 Å². The molecule has 0 radical (unpaired) electrons. The van der Waals surface area contributed by atoms with Crippen LogP contribution in [0.15, 0.2) is 35.7 Å². The minimum Gasteiger partial charge on any atom is -0.495 e. The Balaban J connectivity index is 1.95. The van der Waals surface area contributed by atoms with E-state index in [0.29, 0.717) is 29.3 Å². The monoisotopic (exact) mass is 318 g/mol. The largest absolute Gasteiger partial charge is 0.495 e. The summed E-state index contributed by atoms with van der Waals surface area (Å²) in [6.07, 6.45) is 0.674. The van der Waals surface area contributed by atoms with Crippen molar-refractivity contribution in [2.24, 2.45) is 0 Å². The van der Waals surface area contributed by atoms with Crippen LogP contribution in [0.4, 0.5) is 5.69 Å². The molecule has 0 aliphatic carbocycles. The number of hydrogen-bond donors (Lipinski definition) is 2. The van der Waals surface area contributed by atoms with Crippen LogP contribution in [0.1, 0.15) is 22.2 Å². The maximum Gasteiger partial charge on any atom is 0.261 e. The Labute approximate surface area is 133 Å². The normalized spacial score (nSPS) is 10.1. The van der Waals surface area contributed by atoms with E-state index in [1.807, 2.05) is 29.6 Å². The number of methoxy groups -OCH3 is 1. The third-order valence-electron chi connectivity index (χ3n) is 3.02. The lowest BCUT2D eigenvalue weighted by Crippen LogP contribution is -2.24. The van der Waals surface area contributed by atoms with Crippen LogP contribution in [-0.2, 0) is 11.2 Å². The van der Waals surface area contributed by atoms with Gasteiger partial charge >= 0.3 is 0 Å². The maximum absolute atomic E-state index is 11.8. The molecule has 0 fully saturated rings. The molecule has 22 heavy (non-hydrogen) atoms. The molecule has 2 aromatic rings. The van der Waals surface area contributed by atoms with Crippen LogP contribution in [0, 0.1) is 0 Å². The van der Waals surface area contributed by atoms with Crippen LogP contribution < -0.4 is 15.4 Å². The standard InChI is InChI=1S/C16H18N2O3S/c1-11(19)18-13-10-12(5-6-14(13)21-2)7-8-17-16(20)15-4-3-9-22-15/h3-6,9-10H,7-8H2,1-2H3,(H,17,20)(H,18,19). The van der Waals surface area contributed by atoms with Crippen LogP contribution in [0.3, 0.4) is 0 Å². The molecule has 1 aromatic carbocycles. The summed E-state index contributed by atoms with van der Waals surface area (Å²) in [5, 5.41) is 7.49. The first-order chi connectivity index (χ1) is 10.6. The highest BCUT2D eigenvalue weighted by Crippen LogP contribution is 2.25. The predicted molar refractivity (Wildman–Crippen MR) is 87.7 cm³/mol. The first-order valence-electron chi connectivity index (χ1n) is 6.86. The second kappa shape index (κ2) is 7.61. The molecule has 0 atom stereocenters. The number of thiophene rings is 1. The van der Waals surface area contributed by atoms with Crippen molar-refractivity contribution in [2.45, 2.75) is 13.3 Å². The molecule has 0 aliphatic rings. The van der Waals surface area contributed by atoms with E-state index in [2.05, 4.69) is 10.6 Å². The Morgan fingerprint density at radius 2 is 2.09 bits per heavy atom. The van der Waals surface area contributed by atoms with Gasteiger partial charge in [-0.1, -0.05) is 12.1 Å². The third-order valence-corrected chi connectivity index (χ3v) is 3.89. The number of nitrogens with one attached hydrogen (secondary N) is 2. The fourth-order valence-electron chi connectivity index (χ4n) is 2.01. The Bertz CT molecular complexity index is 653. The summed E-state index contributed by atoms with van der Waals surface area (Å²) >= 11 is 1.42. The van der Waals surface area contributed by atoms with Crippen molar-refractivity contribution in [3.63, 3.8) is 0 Å². The number of benzene rings is 1. The summed E-state index contributed by atoms with van der Waals surface area (Å²) in [6, 6.07) is 9.23. The minimum atomic E-state index is -0.151. The van der Waals surface area contributed by atoms with Crippen molar-refractivity contribution in [1.29, 1.82) is 0 Å². The Hall–Kier alpha value is -2.34. The van der Waals surface area contributed by atoms with Gasteiger partial charge in [0, 0.05) is 13.5 Å². The summed E-state index contributed by atoms with van der Waals surface area (Å²) in [6.45, 7) is 1.98. The average Bonchev–Trinajstić information content (AvgIpc) is 3.01. The van der Waals surface area contributed by atoms with Crippen molar-refractivity contribution < 1.29 is 14.3 Å². The summed E-state index contributed by atoms with van der Waals surface area (Å²) in [4.78, 5) is 23.7. The lowest BCUT2D eigenvalue weighted by Gasteiger charge is -2.11. The fraction of sp³-hybridized carbons (Fsp3) is 0.250. The molecule has 0 unspecified atom stereocenters. The SMILES string of the molecule is COc1ccc(CCNC(=O)c2cccs2)cc1NC(C)=O. The number of carbonyl (C=O) groups excluding carboxylic acids is 2. The number of ether oxygens (including phenoxy) is 1. The molecular formula is C16H18N2O3S. The minimum absolute atomic E-state index is 0.0643. The molecule has 0 saturated heterocycles. The van der Waals surface area contributed by atoms with E-state index in [1.165, 1.54) is 18.3 Å². The highest BCUT2D eigenvalue weighted by Gasteiger charge is 2.08. The van der Waals surface area contributed by atoms with Gasteiger partial charge in [0.05, 0.1) is 17.7 Å². The number of amides is 2. The zero-order chi connectivity index (χ0) is 15.9. The highest BCUT2D eigenvalue weighted by molar-refractivity contribution is 7.12. The summed E-state index contributed by atoms with van der Waals surface area (Å²) < 4.78 is 5.21. The third kappa shape index (κ3) is 4.33. The molecule has 1 aromatic heterocycles. The van der Waals surface area contributed by atoms with E-state index in [0.717, 1.165) is 5.56 Å². The molecule has 0 bridgehead atoms. The molecule has 0 spiro atoms. The van der Waals surface area contributed by atoms with E-state index >= 15 is 0 Å². The van der Waals surface area contributed by atoms with Crippen LogP contribution in [0.25, 0.3) is 0 Å². The lowest BCUT2D eigenvalue weighted by molar-refractivity contribution is -0.114. The topological polar surface area (TPSA) is 67.4 Å². The Kier molecular flexibility index (Phi) is 5.55. The van der Waals surface area contributed by atoms with Gasteiger partial charge in [0.2, 0.25) is 5.91 Å². The number of carbonyl (C=O) groups is 2. The van der Waals surface area contributed by atoms with Gasteiger partial charge in [0.15, 0.2) is 0 Å². The molecule has 0 saturated carbocycles. The molecule has 1 heterocycles. The fourth-order valence-corrected chi connectivity index (χ4v) is 2.65. The van der Waals surface area contributed by atoms with Gasteiger partial charge < -0.3 is 15.4 Å². The molecular weight excluding hydrogens is 300 g/mol. The van der Waals surface area contributed by atoms with Gasteiger partial charge in [-0.15, -0.1) is 11.3 Å². The first-order valence-corrected chi connectivity index (χ1v) is 7.74. The van der Waals surface area contributed by atoms with Crippen LogP contribution in [0.5, 0.6) is 5.75 Å². The Morgan fingerprint density at radius 1 is 1.27 bits per heavy atom. The molecule has 5 nitrogen and oxygen atoms in total. The van der Waals surface area contributed by atoms with Crippen LogP contribution in [0.2, 0.25) is 0 Å². The van der Waals surface area contributed by atoms with E-state index in [4.69, 9.17) is 4.74 Å². The summed E-state index contributed by atoms with van der Waals surface area (Å²) in [7, 11) is 1.56. The van der Waals surface area contributed by atoms with Crippen LogP contribution >= 0.6 is 11.3 Å². The number of anilines is 1. The van der Waals surface area contributed by atoms with Crippen molar-refractivity contribution >= 4 is 28.8 Å². The zero-order valence-electron chi connectivity index (χ0n) is 12.5. The van der Waals surface area contributed by atoms with E-state index in [-0.39, 0.29) is 11.8 Å². The molecule has 0 aliphatic heterocycles. The van der Waals surface area contributed by atoms with Crippen molar-refractivity contribution in [2.75, 3.05) is 19.0 Å². The smallest absolute Gasteiger partial charge is 0.261 e. The molecule has 2 rings (SSSR count). The van der Waals surface area contributed by atoms with Gasteiger partial charge in [-0.05, 0) is 35.6 Å². The quantitative estimate of drug-likeness (QED) is 0.860. The summed E-state index contributed by atoms with van der Waals surface area (Å²) in [5.74, 6) is 0.397. The highest BCUT2D eigenvalue weighted by atomic mass is 32.1. The van der Waals surface area contributed by atoms with Gasteiger partial charge in [0.1, 0.15) is 5.75 Å². The van der Waals surface area contributed by atoms with Gasteiger partial charge in [-0.25, -0.2) is 0 Å². The van der Waals surface area contributed by atoms with E-state index in [1.54, 1.807) is 13.2 Å². The van der Waals surface area contributed by atoms with E-state index in [9.17, 15) is 9.59 Å². The first kappa shape index (κ1) is 16.0. The number of rotatable bonds is 6. The number of hydrogen-bond acceptors (Lipinski definition) is 4. The Morgan fingerprint density at radius 3 is 2.73 bits per heavy atom. The molecule has 2 N–H and O–H groups in total. The maximum atomic E-state index is 11.8. The van der Waals surface area contributed by atoms with Gasteiger partial charge in [0.25, 0.3) is 5.91 Å². The van der Waals surface area contributed by atoms with Crippen molar-refractivity contribution in [1.82, 2.24) is 5.32 Å². The molecule has 6 heteroatoms. The second-order valence-corrected chi connectivity index (χ2v) is 5.65.